The lowest BCUT2D eigenvalue weighted by atomic mass is 10.0. The summed E-state index contributed by atoms with van der Waals surface area (Å²) in [5.74, 6) is 1.32. The second-order valence-electron chi connectivity index (χ2n) is 4.80. The molecule has 0 bridgehead atoms. The number of nitrogens with zero attached hydrogens (tertiary/aromatic N) is 1. The molecular weight excluding hydrogens is 220 g/mol. The van der Waals surface area contributed by atoms with E-state index in [0.29, 0.717) is 11.8 Å². The molecule has 1 saturated heterocycles. The van der Waals surface area contributed by atoms with E-state index in [-0.39, 0.29) is 6.10 Å². The van der Waals surface area contributed by atoms with Gasteiger partial charge in [0.1, 0.15) is 0 Å². The van der Waals surface area contributed by atoms with Crippen molar-refractivity contribution in [2.45, 2.75) is 26.4 Å². The molecule has 1 aliphatic heterocycles. The first kappa shape index (κ1) is 12.0. The maximum Gasteiger partial charge on any atom is 0.0973 e. The molecule has 4 heteroatoms. The van der Waals surface area contributed by atoms with Gasteiger partial charge in [-0.15, -0.1) is 11.3 Å². The van der Waals surface area contributed by atoms with Crippen molar-refractivity contribution in [1.82, 2.24) is 10.3 Å². The van der Waals surface area contributed by atoms with E-state index in [2.05, 4.69) is 24.1 Å². The molecule has 90 valence electrons. The molecule has 2 heterocycles. The van der Waals surface area contributed by atoms with Crippen LogP contribution in [0.4, 0.5) is 0 Å². The first-order chi connectivity index (χ1) is 7.77. The normalized spacial score (nSPS) is 25.4. The molecule has 0 radical (unpaired) electrons. The summed E-state index contributed by atoms with van der Waals surface area (Å²) in [5.41, 5.74) is 1.88. The summed E-state index contributed by atoms with van der Waals surface area (Å²) < 4.78 is 5.80. The zero-order valence-electron chi connectivity index (χ0n) is 9.98. The van der Waals surface area contributed by atoms with Gasteiger partial charge in [0.2, 0.25) is 0 Å². The summed E-state index contributed by atoms with van der Waals surface area (Å²) in [6.07, 6.45) is 3.37. The van der Waals surface area contributed by atoms with Gasteiger partial charge in [-0.3, -0.25) is 4.98 Å². The molecule has 3 nitrogen and oxygen atoms in total. The molecule has 0 spiro atoms. The minimum absolute atomic E-state index is 0.271. The molecule has 2 unspecified atom stereocenters. The van der Waals surface area contributed by atoms with E-state index in [1.165, 1.54) is 4.88 Å². The highest BCUT2D eigenvalue weighted by Crippen LogP contribution is 2.35. The van der Waals surface area contributed by atoms with E-state index in [0.717, 1.165) is 26.1 Å². The Bertz CT molecular complexity index is 300. The Balaban J connectivity index is 1.84. The maximum atomic E-state index is 5.80. The lowest BCUT2D eigenvalue weighted by molar-refractivity contribution is 0.0930. The fraction of sp³-hybridized carbons (Fsp3) is 0.750. The highest BCUT2D eigenvalue weighted by molar-refractivity contribution is 7.09. The summed E-state index contributed by atoms with van der Waals surface area (Å²) >= 11 is 1.70. The van der Waals surface area contributed by atoms with Crippen molar-refractivity contribution in [2.24, 2.45) is 11.8 Å². The Morgan fingerprint density at radius 2 is 2.50 bits per heavy atom. The van der Waals surface area contributed by atoms with Crippen LogP contribution in [0.2, 0.25) is 0 Å². The molecule has 2 rings (SSSR count). The van der Waals surface area contributed by atoms with E-state index < -0.39 is 0 Å². The van der Waals surface area contributed by atoms with Crippen molar-refractivity contribution in [1.29, 1.82) is 0 Å². The third-order valence-corrected chi connectivity index (χ3v) is 3.74. The molecular formula is C12H20N2OS. The first-order valence-electron chi connectivity index (χ1n) is 5.98. The Hall–Kier alpha value is -0.450. The van der Waals surface area contributed by atoms with E-state index in [1.807, 2.05) is 11.7 Å². The second-order valence-corrected chi connectivity index (χ2v) is 5.71. The number of hydrogen-bond acceptors (Lipinski definition) is 4. The zero-order chi connectivity index (χ0) is 11.4. The van der Waals surface area contributed by atoms with Crippen LogP contribution in [0, 0.1) is 11.8 Å². The minimum Gasteiger partial charge on any atom is -0.372 e. The summed E-state index contributed by atoms with van der Waals surface area (Å²) in [6.45, 7) is 7.50. The number of hydrogen-bond donors (Lipinski definition) is 1. The van der Waals surface area contributed by atoms with E-state index in [1.54, 1.807) is 11.3 Å². The van der Waals surface area contributed by atoms with Gasteiger partial charge in [-0.25, -0.2) is 0 Å². The van der Waals surface area contributed by atoms with Crippen LogP contribution < -0.4 is 5.32 Å². The first-order valence-corrected chi connectivity index (χ1v) is 6.86. The van der Waals surface area contributed by atoms with Crippen LogP contribution in [-0.2, 0) is 4.74 Å². The molecule has 1 aromatic rings. The Labute approximate surface area is 101 Å². The highest BCUT2D eigenvalue weighted by atomic mass is 32.1. The molecule has 1 fully saturated rings. The monoisotopic (exact) mass is 240 g/mol. The van der Waals surface area contributed by atoms with E-state index in [9.17, 15) is 0 Å². The molecule has 1 aromatic heterocycles. The fourth-order valence-corrected chi connectivity index (χ4v) is 2.84. The quantitative estimate of drug-likeness (QED) is 0.858. The number of nitrogens with one attached hydrogen (secondary N) is 1. The maximum absolute atomic E-state index is 5.80. The van der Waals surface area contributed by atoms with Crippen molar-refractivity contribution in [3.63, 3.8) is 0 Å². The summed E-state index contributed by atoms with van der Waals surface area (Å²) in [6, 6.07) is 0. The Kier molecular flexibility index (Phi) is 4.32. The highest BCUT2D eigenvalue weighted by Gasteiger charge is 2.30. The van der Waals surface area contributed by atoms with Crippen LogP contribution in [0.25, 0.3) is 0 Å². The smallest absolute Gasteiger partial charge is 0.0973 e. The van der Waals surface area contributed by atoms with Gasteiger partial charge in [0.25, 0.3) is 0 Å². The molecule has 16 heavy (non-hydrogen) atoms. The zero-order valence-corrected chi connectivity index (χ0v) is 10.8. The SMILES string of the molecule is CC(C)CNCC1CCOC1c1cncs1. The van der Waals surface area contributed by atoms with Gasteiger partial charge in [0, 0.05) is 25.3 Å². The van der Waals surface area contributed by atoms with Crippen LogP contribution in [0.5, 0.6) is 0 Å². The Morgan fingerprint density at radius 3 is 3.19 bits per heavy atom. The van der Waals surface area contributed by atoms with E-state index >= 15 is 0 Å². The van der Waals surface area contributed by atoms with Crippen LogP contribution in [0.1, 0.15) is 31.2 Å². The molecule has 1 aliphatic rings. The third kappa shape index (κ3) is 3.03. The van der Waals surface area contributed by atoms with Gasteiger partial charge >= 0.3 is 0 Å². The predicted octanol–water partition coefficient (Wildman–Crippen LogP) is 2.47. The van der Waals surface area contributed by atoms with Crippen LogP contribution in [-0.4, -0.2) is 24.7 Å². The van der Waals surface area contributed by atoms with Crippen molar-refractivity contribution in [3.05, 3.63) is 16.6 Å². The van der Waals surface area contributed by atoms with Crippen molar-refractivity contribution < 1.29 is 4.74 Å². The van der Waals surface area contributed by atoms with Crippen LogP contribution >= 0.6 is 11.3 Å². The van der Waals surface area contributed by atoms with Gasteiger partial charge in [-0.05, 0) is 18.9 Å². The number of thiazole rings is 1. The van der Waals surface area contributed by atoms with Gasteiger partial charge in [-0.2, -0.15) is 0 Å². The lowest BCUT2D eigenvalue weighted by Crippen LogP contribution is -2.27. The molecule has 2 atom stereocenters. The van der Waals surface area contributed by atoms with Crippen molar-refractivity contribution in [3.8, 4) is 0 Å². The molecule has 0 amide bonds. The minimum atomic E-state index is 0.271. The topological polar surface area (TPSA) is 34.1 Å². The number of rotatable bonds is 5. The third-order valence-electron chi connectivity index (χ3n) is 2.91. The summed E-state index contributed by atoms with van der Waals surface area (Å²) in [7, 11) is 0. The van der Waals surface area contributed by atoms with Gasteiger partial charge < -0.3 is 10.1 Å². The van der Waals surface area contributed by atoms with Crippen molar-refractivity contribution in [2.75, 3.05) is 19.7 Å². The van der Waals surface area contributed by atoms with Gasteiger partial charge in [-0.1, -0.05) is 13.8 Å². The van der Waals surface area contributed by atoms with Crippen LogP contribution in [0.3, 0.4) is 0 Å². The predicted molar refractivity (Wildman–Crippen MR) is 66.6 cm³/mol. The standard InChI is InChI=1S/C12H20N2OS/c1-9(2)5-13-6-10-3-4-15-12(10)11-7-14-8-16-11/h7-10,12-13H,3-6H2,1-2H3. The molecule has 0 aromatic carbocycles. The fourth-order valence-electron chi connectivity index (χ4n) is 2.08. The van der Waals surface area contributed by atoms with Gasteiger partial charge in [0.05, 0.1) is 16.5 Å². The molecule has 1 N–H and O–H groups in total. The average Bonchev–Trinajstić information content (AvgIpc) is 2.84. The summed E-state index contributed by atoms with van der Waals surface area (Å²) in [4.78, 5) is 5.40. The number of aromatic nitrogens is 1. The van der Waals surface area contributed by atoms with E-state index in [4.69, 9.17) is 4.74 Å². The van der Waals surface area contributed by atoms with Gasteiger partial charge in [0.15, 0.2) is 0 Å². The Morgan fingerprint density at radius 1 is 1.62 bits per heavy atom. The molecule has 0 saturated carbocycles. The van der Waals surface area contributed by atoms with Crippen LogP contribution in [0.15, 0.2) is 11.7 Å². The number of ether oxygens (including phenoxy) is 1. The van der Waals surface area contributed by atoms with Crippen molar-refractivity contribution >= 4 is 11.3 Å². The molecule has 0 aliphatic carbocycles. The average molecular weight is 240 g/mol. The summed E-state index contributed by atoms with van der Waals surface area (Å²) in [5, 5.41) is 3.52. The lowest BCUT2D eigenvalue weighted by Gasteiger charge is -2.18. The second kappa shape index (κ2) is 5.75. The largest absolute Gasteiger partial charge is 0.372 e.